The lowest BCUT2D eigenvalue weighted by atomic mass is 10.1. The summed E-state index contributed by atoms with van der Waals surface area (Å²) in [7, 11) is 0. The van der Waals surface area contributed by atoms with E-state index in [-0.39, 0.29) is 18.0 Å². The molecule has 1 atom stereocenters. The molecule has 1 aliphatic heterocycles. The van der Waals surface area contributed by atoms with Crippen LogP contribution in [0.25, 0.3) is 0 Å². The number of hydrogen-bond donors (Lipinski definition) is 2. The number of aryl methyl sites for hydroxylation is 1. The molecule has 0 spiro atoms. The summed E-state index contributed by atoms with van der Waals surface area (Å²) in [5.74, 6) is 0.242. The summed E-state index contributed by atoms with van der Waals surface area (Å²) < 4.78 is 6.22. The number of nitrogens with one attached hydrogen (secondary N) is 2. The van der Waals surface area contributed by atoms with Crippen LogP contribution >= 0.6 is 15.9 Å². The smallest absolute Gasteiger partial charge is 0.322 e. The minimum Gasteiger partial charge on any atom is -0.406 e. The molecule has 6 nitrogen and oxygen atoms in total. The van der Waals surface area contributed by atoms with Crippen molar-refractivity contribution in [3.63, 3.8) is 0 Å². The third-order valence-corrected chi connectivity index (χ3v) is 4.08. The van der Waals surface area contributed by atoms with Crippen molar-refractivity contribution in [1.82, 2.24) is 15.5 Å². The molecule has 110 valence electrons. The fraction of sp³-hybridized carbons (Fsp3) is 0.357. The number of benzene rings is 1. The van der Waals surface area contributed by atoms with Gasteiger partial charge in [-0.15, -0.1) is 5.10 Å². The number of rotatable bonds is 3. The van der Waals surface area contributed by atoms with E-state index in [2.05, 4.69) is 36.8 Å². The van der Waals surface area contributed by atoms with Gasteiger partial charge in [-0.3, -0.25) is 10.1 Å². The lowest BCUT2D eigenvalue weighted by molar-refractivity contribution is 0.102. The molecule has 7 heteroatoms. The quantitative estimate of drug-likeness (QED) is 0.889. The average molecular weight is 351 g/mol. The normalized spacial score (nSPS) is 17.9. The molecule has 1 aliphatic rings. The number of aromatic nitrogens is 2. The topological polar surface area (TPSA) is 80.0 Å². The van der Waals surface area contributed by atoms with E-state index in [0.29, 0.717) is 11.5 Å². The maximum Gasteiger partial charge on any atom is 0.322 e. The van der Waals surface area contributed by atoms with Crippen molar-refractivity contribution in [2.24, 2.45) is 0 Å². The minimum absolute atomic E-state index is 0.0915. The molecule has 2 heterocycles. The van der Waals surface area contributed by atoms with Gasteiger partial charge in [0, 0.05) is 4.47 Å². The van der Waals surface area contributed by atoms with Crippen LogP contribution in [0.2, 0.25) is 0 Å². The molecule has 1 saturated heterocycles. The van der Waals surface area contributed by atoms with Gasteiger partial charge in [-0.05, 0) is 54.4 Å². The third-order valence-electron chi connectivity index (χ3n) is 3.39. The minimum atomic E-state index is -0.278. The number of halogens is 1. The van der Waals surface area contributed by atoms with E-state index in [4.69, 9.17) is 4.42 Å². The van der Waals surface area contributed by atoms with Crippen LogP contribution in [0.1, 0.15) is 40.7 Å². The molecule has 0 bridgehead atoms. The van der Waals surface area contributed by atoms with Crippen molar-refractivity contribution in [3.8, 4) is 0 Å². The zero-order chi connectivity index (χ0) is 14.8. The van der Waals surface area contributed by atoms with E-state index in [1.54, 1.807) is 6.07 Å². The molecular formula is C14H15BrN4O2. The Morgan fingerprint density at radius 2 is 2.33 bits per heavy atom. The van der Waals surface area contributed by atoms with Crippen LogP contribution in [0.3, 0.4) is 0 Å². The van der Waals surface area contributed by atoms with Gasteiger partial charge in [0.05, 0.1) is 11.6 Å². The fourth-order valence-electron chi connectivity index (χ4n) is 2.30. The van der Waals surface area contributed by atoms with Gasteiger partial charge in [0.2, 0.25) is 5.89 Å². The van der Waals surface area contributed by atoms with Gasteiger partial charge in [-0.2, -0.15) is 0 Å². The first-order valence-electron chi connectivity index (χ1n) is 6.78. The molecule has 2 aromatic rings. The maximum absolute atomic E-state index is 12.2. The van der Waals surface area contributed by atoms with Gasteiger partial charge in [-0.25, -0.2) is 0 Å². The summed E-state index contributed by atoms with van der Waals surface area (Å²) >= 11 is 3.37. The van der Waals surface area contributed by atoms with Crippen molar-refractivity contribution < 1.29 is 9.21 Å². The van der Waals surface area contributed by atoms with E-state index in [0.717, 1.165) is 29.4 Å². The Labute approximate surface area is 130 Å². The zero-order valence-corrected chi connectivity index (χ0v) is 13.1. The summed E-state index contributed by atoms with van der Waals surface area (Å²) in [5.41, 5.74) is 1.54. The van der Waals surface area contributed by atoms with Crippen molar-refractivity contribution in [3.05, 3.63) is 39.7 Å². The summed E-state index contributed by atoms with van der Waals surface area (Å²) in [4.78, 5) is 12.2. The molecule has 1 fully saturated rings. The van der Waals surface area contributed by atoms with Crippen LogP contribution in [0.5, 0.6) is 0 Å². The molecule has 21 heavy (non-hydrogen) atoms. The lowest BCUT2D eigenvalue weighted by Gasteiger charge is -2.05. The van der Waals surface area contributed by atoms with Crippen LogP contribution < -0.4 is 10.6 Å². The standard InChI is InChI=1S/C14H15BrN4O2/c1-8-4-5-10(15)9(7-8)12(20)17-14-19-18-13(21-14)11-3-2-6-16-11/h4-5,7,11,16H,2-3,6H2,1H3,(H,17,19,20). The molecule has 1 aromatic heterocycles. The molecule has 2 N–H and O–H groups in total. The van der Waals surface area contributed by atoms with Gasteiger partial charge in [0.1, 0.15) is 0 Å². The number of carbonyl (C=O) groups is 1. The number of hydrogen-bond acceptors (Lipinski definition) is 5. The molecule has 0 aliphatic carbocycles. The third kappa shape index (κ3) is 3.14. The fourth-order valence-corrected chi connectivity index (χ4v) is 2.73. The van der Waals surface area contributed by atoms with E-state index >= 15 is 0 Å². The number of carbonyl (C=O) groups excluding carboxylic acids is 1. The second kappa shape index (κ2) is 5.95. The molecule has 1 amide bonds. The van der Waals surface area contributed by atoms with E-state index in [9.17, 15) is 4.79 Å². The van der Waals surface area contributed by atoms with E-state index < -0.39 is 0 Å². The van der Waals surface area contributed by atoms with Gasteiger partial charge in [0.15, 0.2) is 0 Å². The van der Waals surface area contributed by atoms with Crippen molar-refractivity contribution >= 4 is 27.9 Å². The van der Waals surface area contributed by atoms with E-state index in [1.165, 1.54) is 0 Å². The van der Waals surface area contributed by atoms with Crippen molar-refractivity contribution in [2.45, 2.75) is 25.8 Å². The Balaban J connectivity index is 1.74. The maximum atomic E-state index is 12.2. The molecule has 0 radical (unpaired) electrons. The van der Waals surface area contributed by atoms with Crippen LogP contribution in [-0.2, 0) is 0 Å². The van der Waals surface area contributed by atoms with E-state index in [1.807, 2.05) is 19.1 Å². The first kappa shape index (κ1) is 14.2. The first-order chi connectivity index (χ1) is 10.1. The summed E-state index contributed by atoms with van der Waals surface area (Å²) in [6.07, 6.45) is 2.06. The Morgan fingerprint density at radius 3 is 3.10 bits per heavy atom. The van der Waals surface area contributed by atoms with Gasteiger partial charge < -0.3 is 9.73 Å². The van der Waals surface area contributed by atoms with Crippen molar-refractivity contribution in [2.75, 3.05) is 11.9 Å². The zero-order valence-electron chi connectivity index (χ0n) is 11.5. The largest absolute Gasteiger partial charge is 0.406 e. The van der Waals surface area contributed by atoms with Crippen LogP contribution in [-0.4, -0.2) is 22.6 Å². The molecule has 1 unspecified atom stereocenters. The Kier molecular flexibility index (Phi) is 4.03. The van der Waals surface area contributed by atoms with Crippen molar-refractivity contribution in [1.29, 1.82) is 0 Å². The lowest BCUT2D eigenvalue weighted by Crippen LogP contribution is -2.13. The molecule has 1 aromatic carbocycles. The monoisotopic (exact) mass is 350 g/mol. The van der Waals surface area contributed by atoms with Gasteiger partial charge in [-0.1, -0.05) is 16.7 Å². The summed E-state index contributed by atoms with van der Waals surface area (Å²) in [6, 6.07) is 5.78. The Morgan fingerprint density at radius 1 is 1.48 bits per heavy atom. The SMILES string of the molecule is Cc1ccc(Br)c(C(=O)Nc2nnc(C3CCCN3)o2)c1. The molecule has 3 rings (SSSR count). The van der Waals surface area contributed by atoms with Crippen LogP contribution in [0, 0.1) is 6.92 Å². The summed E-state index contributed by atoms with van der Waals surface area (Å²) in [6.45, 7) is 2.88. The van der Waals surface area contributed by atoms with Gasteiger partial charge >= 0.3 is 6.01 Å². The number of amides is 1. The first-order valence-corrected chi connectivity index (χ1v) is 7.57. The predicted molar refractivity (Wildman–Crippen MR) is 81.1 cm³/mol. The highest BCUT2D eigenvalue weighted by Crippen LogP contribution is 2.24. The number of nitrogens with zero attached hydrogens (tertiary/aromatic N) is 2. The highest BCUT2D eigenvalue weighted by molar-refractivity contribution is 9.10. The highest BCUT2D eigenvalue weighted by Gasteiger charge is 2.23. The van der Waals surface area contributed by atoms with Crippen LogP contribution in [0.15, 0.2) is 27.1 Å². The Hall–Kier alpha value is -1.73. The average Bonchev–Trinajstić information content (AvgIpc) is 3.11. The predicted octanol–water partition coefficient (Wildman–Crippen LogP) is 2.82. The second-order valence-corrected chi connectivity index (χ2v) is 5.89. The highest BCUT2D eigenvalue weighted by atomic mass is 79.9. The molecular weight excluding hydrogens is 336 g/mol. The Bertz CT molecular complexity index is 665. The number of anilines is 1. The summed E-state index contributed by atoms with van der Waals surface area (Å²) in [5, 5.41) is 13.8. The van der Waals surface area contributed by atoms with Crippen LogP contribution in [0.4, 0.5) is 6.01 Å². The second-order valence-electron chi connectivity index (χ2n) is 5.03. The van der Waals surface area contributed by atoms with Gasteiger partial charge in [0.25, 0.3) is 5.91 Å². The molecule has 0 saturated carbocycles.